The summed E-state index contributed by atoms with van der Waals surface area (Å²) in [7, 11) is 0. The third kappa shape index (κ3) is 4.83. The molecule has 0 saturated heterocycles. The molecule has 1 aromatic heterocycles. The van der Waals surface area contributed by atoms with Gasteiger partial charge in [-0.05, 0) is 49.2 Å². The number of pyridine rings is 1. The highest BCUT2D eigenvalue weighted by Gasteiger charge is 2.04. The van der Waals surface area contributed by atoms with E-state index in [1.165, 1.54) is 6.07 Å². The normalized spacial score (nSPS) is 10.9. The first-order valence-electron chi connectivity index (χ1n) is 7.15. The van der Waals surface area contributed by atoms with Crippen molar-refractivity contribution < 1.29 is 9.13 Å². The molecule has 1 N–H and O–H groups in total. The SMILES string of the molecule is Cc1cc(Oc2cccc(CNCC(C)C)n2)ccc1F. The zero-order valence-corrected chi connectivity index (χ0v) is 12.7. The van der Waals surface area contributed by atoms with E-state index in [4.69, 9.17) is 4.74 Å². The Morgan fingerprint density at radius 3 is 2.76 bits per heavy atom. The first kappa shape index (κ1) is 15.4. The first-order chi connectivity index (χ1) is 10.0. The molecule has 0 amide bonds. The van der Waals surface area contributed by atoms with Crippen LogP contribution in [0.3, 0.4) is 0 Å². The molecular formula is C17H21FN2O. The Hall–Kier alpha value is -1.94. The summed E-state index contributed by atoms with van der Waals surface area (Å²) in [4.78, 5) is 4.44. The van der Waals surface area contributed by atoms with E-state index in [1.807, 2.05) is 12.1 Å². The fourth-order valence-electron chi connectivity index (χ4n) is 1.90. The molecule has 2 aromatic rings. The van der Waals surface area contributed by atoms with Crippen LogP contribution in [0.25, 0.3) is 0 Å². The molecule has 0 radical (unpaired) electrons. The number of nitrogens with zero attached hydrogens (tertiary/aromatic N) is 1. The van der Waals surface area contributed by atoms with Crippen LogP contribution in [0.5, 0.6) is 11.6 Å². The second-order valence-electron chi connectivity index (χ2n) is 5.50. The minimum atomic E-state index is -0.234. The van der Waals surface area contributed by atoms with Crippen LogP contribution in [-0.2, 0) is 6.54 Å². The van der Waals surface area contributed by atoms with Gasteiger partial charge in [0.15, 0.2) is 0 Å². The Bertz CT molecular complexity index is 599. The predicted octanol–water partition coefficient (Wildman–Crippen LogP) is 4.07. The van der Waals surface area contributed by atoms with Crippen molar-refractivity contribution in [3.8, 4) is 11.6 Å². The van der Waals surface area contributed by atoms with Gasteiger partial charge < -0.3 is 10.1 Å². The molecule has 3 nitrogen and oxygen atoms in total. The highest BCUT2D eigenvalue weighted by molar-refractivity contribution is 5.32. The van der Waals surface area contributed by atoms with Crippen molar-refractivity contribution in [2.75, 3.05) is 6.54 Å². The van der Waals surface area contributed by atoms with Crippen molar-refractivity contribution in [1.82, 2.24) is 10.3 Å². The molecule has 0 fully saturated rings. The van der Waals surface area contributed by atoms with E-state index in [-0.39, 0.29) is 5.82 Å². The maximum atomic E-state index is 13.2. The van der Waals surface area contributed by atoms with Gasteiger partial charge in [-0.1, -0.05) is 19.9 Å². The number of aromatic nitrogens is 1. The van der Waals surface area contributed by atoms with Gasteiger partial charge in [-0.15, -0.1) is 0 Å². The topological polar surface area (TPSA) is 34.1 Å². The van der Waals surface area contributed by atoms with Crippen LogP contribution < -0.4 is 10.1 Å². The Labute approximate surface area is 125 Å². The van der Waals surface area contributed by atoms with Gasteiger partial charge in [0.2, 0.25) is 5.88 Å². The second kappa shape index (κ2) is 7.18. The molecule has 1 aromatic carbocycles. The van der Waals surface area contributed by atoms with Crippen LogP contribution in [0.1, 0.15) is 25.1 Å². The Morgan fingerprint density at radius 2 is 2.05 bits per heavy atom. The van der Waals surface area contributed by atoms with Crippen LogP contribution in [0.4, 0.5) is 4.39 Å². The number of halogens is 1. The second-order valence-corrected chi connectivity index (χ2v) is 5.50. The monoisotopic (exact) mass is 288 g/mol. The van der Waals surface area contributed by atoms with E-state index < -0.39 is 0 Å². The standard InChI is InChI=1S/C17H21FN2O/c1-12(2)10-19-11-14-5-4-6-17(20-14)21-15-7-8-16(18)13(3)9-15/h4-9,12,19H,10-11H2,1-3H3. The van der Waals surface area contributed by atoms with Crippen molar-refractivity contribution in [3.05, 3.63) is 53.5 Å². The molecule has 1 heterocycles. The lowest BCUT2D eigenvalue weighted by atomic mass is 10.2. The van der Waals surface area contributed by atoms with Gasteiger partial charge in [-0.3, -0.25) is 0 Å². The van der Waals surface area contributed by atoms with E-state index in [0.29, 0.717) is 29.7 Å². The summed E-state index contributed by atoms with van der Waals surface area (Å²) in [6, 6.07) is 10.3. The lowest BCUT2D eigenvalue weighted by molar-refractivity contribution is 0.456. The summed E-state index contributed by atoms with van der Waals surface area (Å²) in [5, 5.41) is 3.34. The minimum Gasteiger partial charge on any atom is -0.439 e. The van der Waals surface area contributed by atoms with Crippen LogP contribution in [0.2, 0.25) is 0 Å². The zero-order valence-electron chi connectivity index (χ0n) is 12.7. The molecule has 21 heavy (non-hydrogen) atoms. The Balaban J connectivity index is 2.01. The fraction of sp³-hybridized carbons (Fsp3) is 0.353. The summed E-state index contributed by atoms with van der Waals surface area (Å²) < 4.78 is 18.9. The van der Waals surface area contributed by atoms with E-state index in [2.05, 4.69) is 24.1 Å². The van der Waals surface area contributed by atoms with Crippen LogP contribution in [0.15, 0.2) is 36.4 Å². The van der Waals surface area contributed by atoms with Gasteiger partial charge in [0.25, 0.3) is 0 Å². The number of hydrogen-bond donors (Lipinski definition) is 1. The van der Waals surface area contributed by atoms with Crippen LogP contribution in [-0.4, -0.2) is 11.5 Å². The molecule has 0 spiro atoms. The lowest BCUT2D eigenvalue weighted by Gasteiger charge is -2.09. The predicted molar refractivity (Wildman–Crippen MR) is 82.0 cm³/mol. The van der Waals surface area contributed by atoms with Gasteiger partial charge in [-0.2, -0.15) is 0 Å². The van der Waals surface area contributed by atoms with Crippen molar-refractivity contribution in [2.45, 2.75) is 27.3 Å². The summed E-state index contributed by atoms with van der Waals surface area (Å²) in [6.07, 6.45) is 0. The zero-order chi connectivity index (χ0) is 15.2. The summed E-state index contributed by atoms with van der Waals surface area (Å²) >= 11 is 0. The third-order valence-electron chi connectivity index (χ3n) is 2.99. The van der Waals surface area contributed by atoms with Gasteiger partial charge in [-0.25, -0.2) is 9.37 Å². The molecule has 0 atom stereocenters. The van der Waals surface area contributed by atoms with E-state index >= 15 is 0 Å². The fourth-order valence-corrected chi connectivity index (χ4v) is 1.90. The molecule has 4 heteroatoms. The van der Waals surface area contributed by atoms with Gasteiger partial charge in [0.1, 0.15) is 11.6 Å². The molecule has 112 valence electrons. The average molecular weight is 288 g/mol. The number of nitrogens with one attached hydrogen (secondary N) is 1. The largest absolute Gasteiger partial charge is 0.439 e. The van der Waals surface area contributed by atoms with Gasteiger partial charge in [0, 0.05) is 12.6 Å². The quantitative estimate of drug-likeness (QED) is 0.870. The number of hydrogen-bond acceptors (Lipinski definition) is 3. The molecule has 0 aliphatic carbocycles. The number of ether oxygens (including phenoxy) is 1. The Kier molecular flexibility index (Phi) is 5.28. The van der Waals surface area contributed by atoms with Crippen molar-refractivity contribution in [2.24, 2.45) is 5.92 Å². The first-order valence-corrected chi connectivity index (χ1v) is 7.15. The summed E-state index contributed by atoms with van der Waals surface area (Å²) in [5.41, 5.74) is 1.48. The Morgan fingerprint density at radius 1 is 1.24 bits per heavy atom. The van der Waals surface area contributed by atoms with E-state index in [9.17, 15) is 4.39 Å². The van der Waals surface area contributed by atoms with Crippen molar-refractivity contribution in [1.29, 1.82) is 0 Å². The van der Waals surface area contributed by atoms with Crippen molar-refractivity contribution in [3.63, 3.8) is 0 Å². The number of aryl methyl sites for hydroxylation is 1. The lowest BCUT2D eigenvalue weighted by Crippen LogP contribution is -2.19. The van der Waals surface area contributed by atoms with Gasteiger partial charge in [0.05, 0.1) is 5.69 Å². The highest BCUT2D eigenvalue weighted by atomic mass is 19.1. The molecule has 0 unspecified atom stereocenters. The molecular weight excluding hydrogens is 267 g/mol. The summed E-state index contributed by atoms with van der Waals surface area (Å²) in [6.45, 7) is 7.69. The van der Waals surface area contributed by atoms with E-state index in [0.717, 1.165) is 12.2 Å². The molecule has 0 bridgehead atoms. The molecule has 0 saturated carbocycles. The third-order valence-corrected chi connectivity index (χ3v) is 2.99. The summed E-state index contributed by atoms with van der Waals surface area (Å²) in [5.74, 6) is 1.48. The van der Waals surface area contributed by atoms with Gasteiger partial charge >= 0.3 is 0 Å². The maximum Gasteiger partial charge on any atom is 0.219 e. The smallest absolute Gasteiger partial charge is 0.219 e. The number of benzene rings is 1. The molecule has 0 aliphatic heterocycles. The molecule has 0 aliphatic rings. The van der Waals surface area contributed by atoms with Crippen molar-refractivity contribution >= 4 is 0 Å². The average Bonchev–Trinajstić information content (AvgIpc) is 2.43. The van der Waals surface area contributed by atoms with Crippen LogP contribution >= 0.6 is 0 Å². The highest BCUT2D eigenvalue weighted by Crippen LogP contribution is 2.22. The number of rotatable bonds is 6. The minimum absolute atomic E-state index is 0.234. The maximum absolute atomic E-state index is 13.2. The van der Waals surface area contributed by atoms with Crippen LogP contribution in [0, 0.1) is 18.7 Å². The van der Waals surface area contributed by atoms with E-state index in [1.54, 1.807) is 25.1 Å². The molecule has 2 rings (SSSR count).